The van der Waals surface area contributed by atoms with Gasteiger partial charge in [-0.3, -0.25) is 9.89 Å². The third-order valence-corrected chi connectivity index (χ3v) is 3.31. The van der Waals surface area contributed by atoms with Crippen LogP contribution in [0.5, 0.6) is 0 Å². The fraction of sp³-hybridized carbons (Fsp3) is 0.667. The lowest BCUT2D eigenvalue weighted by atomic mass is 10.1. The highest BCUT2D eigenvalue weighted by Crippen LogP contribution is 2.25. The normalized spacial score (nSPS) is 24.2. The summed E-state index contributed by atoms with van der Waals surface area (Å²) in [7, 11) is 0. The second-order valence-corrected chi connectivity index (χ2v) is 5.12. The van der Waals surface area contributed by atoms with Crippen molar-refractivity contribution < 1.29 is 4.79 Å². The molecule has 2 unspecified atom stereocenters. The molecule has 0 bridgehead atoms. The van der Waals surface area contributed by atoms with Gasteiger partial charge in [0.05, 0.1) is 0 Å². The molecule has 17 heavy (non-hydrogen) atoms. The van der Waals surface area contributed by atoms with Crippen molar-refractivity contribution in [3.63, 3.8) is 0 Å². The summed E-state index contributed by atoms with van der Waals surface area (Å²) < 4.78 is 0. The van der Waals surface area contributed by atoms with Gasteiger partial charge in [0.2, 0.25) is 5.91 Å². The van der Waals surface area contributed by atoms with Crippen molar-refractivity contribution in [1.29, 1.82) is 0 Å². The highest BCUT2D eigenvalue weighted by atomic mass is 16.2. The Kier molecular flexibility index (Phi) is 3.47. The van der Waals surface area contributed by atoms with E-state index >= 15 is 0 Å². The van der Waals surface area contributed by atoms with Crippen LogP contribution in [-0.2, 0) is 4.79 Å². The number of carbonyl (C=O) groups is 1. The maximum Gasteiger partial charge on any atom is 0.228 e. The average molecular weight is 236 g/mol. The molecule has 1 amide bonds. The van der Waals surface area contributed by atoms with Crippen LogP contribution in [0.2, 0.25) is 0 Å². The molecule has 1 saturated carbocycles. The van der Waals surface area contributed by atoms with E-state index in [2.05, 4.69) is 29.4 Å². The van der Waals surface area contributed by atoms with Crippen LogP contribution in [0.25, 0.3) is 0 Å². The Hall–Kier alpha value is -1.36. The van der Waals surface area contributed by atoms with Gasteiger partial charge in [0.25, 0.3) is 0 Å². The molecule has 1 aliphatic carbocycles. The summed E-state index contributed by atoms with van der Waals surface area (Å²) in [6.45, 7) is 4.16. The van der Waals surface area contributed by atoms with E-state index in [0.29, 0.717) is 11.7 Å². The van der Waals surface area contributed by atoms with E-state index in [-0.39, 0.29) is 17.9 Å². The van der Waals surface area contributed by atoms with E-state index in [1.165, 1.54) is 0 Å². The van der Waals surface area contributed by atoms with Crippen molar-refractivity contribution in [3.8, 4) is 0 Å². The molecule has 1 aliphatic rings. The van der Waals surface area contributed by atoms with Crippen molar-refractivity contribution in [2.75, 3.05) is 5.32 Å². The zero-order chi connectivity index (χ0) is 12.4. The van der Waals surface area contributed by atoms with Crippen LogP contribution in [0.15, 0.2) is 6.07 Å². The minimum absolute atomic E-state index is 0.0414. The molecule has 0 saturated heterocycles. The van der Waals surface area contributed by atoms with Gasteiger partial charge in [0, 0.05) is 23.7 Å². The molecule has 5 nitrogen and oxygen atoms in total. The zero-order valence-corrected chi connectivity index (χ0v) is 10.4. The topological polar surface area (TPSA) is 83.8 Å². The van der Waals surface area contributed by atoms with E-state index in [1.54, 1.807) is 0 Å². The molecule has 94 valence electrons. The van der Waals surface area contributed by atoms with Gasteiger partial charge in [-0.25, -0.2) is 0 Å². The summed E-state index contributed by atoms with van der Waals surface area (Å²) in [5.74, 6) is 1.08. The number of hydrogen-bond acceptors (Lipinski definition) is 3. The number of aromatic amines is 1. The standard InChI is InChI=1S/C12H20N4O/c1-7(2)10-6-11(16-15-10)14-12(17)8-3-4-9(13)5-8/h6-9H,3-5,13H2,1-2H3,(H2,14,15,16,17). The van der Waals surface area contributed by atoms with Crippen molar-refractivity contribution in [2.45, 2.75) is 45.1 Å². The van der Waals surface area contributed by atoms with Crippen molar-refractivity contribution >= 4 is 11.7 Å². The van der Waals surface area contributed by atoms with Gasteiger partial charge in [-0.05, 0) is 25.2 Å². The second-order valence-electron chi connectivity index (χ2n) is 5.12. The number of carbonyl (C=O) groups excluding carboxylic acids is 1. The summed E-state index contributed by atoms with van der Waals surface area (Å²) in [6, 6.07) is 2.06. The number of nitrogens with two attached hydrogens (primary N) is 1. The van der Waals surface area contributed by atoms with Crippen LogP contribution in [0.1, 0.15) is 44.7 Å². The van der Waals surface area contributed by atoms with Crippen molar-refractivity contribution in [3.05, 3.63) is 11.8 Å². The minimum Gasteiger partial charge on any atom is -0.328 e. The Morgan fingerprint density at radius 3 is 2.88 bits per heavy atom. The van der Waals surface area contributed by atoms with Crippen LogP contribution in [-0.4, -0.2) is 22.1 Å². The molecule has 5 heteroatoms. The molecular weight excluding hydrogens is 216 g/mol. The van der Waals surface area contributed by atoms with E-state index in [9.17, 15) is 4.79 Å². The molecular formula is C12H20N4O. The summed E-state index contributed by atoms with van der Waals surface area (Å²) >= 11 is 0. The van der Waals surface area contributed by atoms with Gasteiger partial charge in [0.15, 0.2) is 5.82 Å². The molecule has 1 aromatic rings. The lowest BCUT2D eigenvalue weighted by Crippen LogP contribution is -2.23. The number of aromatic nitrogens is 2. The average Bonchev–Trinajstić information content (AvgIpc) is 2.86. The highest BCUT2D eigenvalue weighted by Gasteiger charge is 2.28. The number of rotatable bonds is 3. The minimum atomic E-state index is 0.0414. The molecule has 0 radical (unpaired) electrons. The Balaban J connectivity index is 1.93. The van der Waals surface area contributed by atoms with Gasteiger partial charge in [-0.1, -0.05) is 13.8 Å². The van der Waals surface area contributed by atoms with E-state index < -0.39 is 0 Å². The first-order valence-electron chi connectivity index (χ1n) is 6.18. The Bertz CT molecular complexity index is 399. The molecule has 1 fully saturated rings. The Morgan fingerprint density at radius 2 is 2.35 bits per heavy atom. The lowest BCUT2D eigenvalue weighted by Gasteiger charge is -2.08. The quantitative estimate of drug-likeness (QED) is 0.745. The summed E-state index contributed by atoms with van der Waals surface area (Å²) in [5, 5.41) is 9.84. The second kappa shape index (κ2) is 4.87. The largest absolute Gasteiger partial charge is 0.328 e. The highest BCUT2D eigenvalue weighted by molar-refractivity contribution is 5.91. The maximum atomic E-state index is 11.9. The molecule has 4 N–H and O–H groups in total. The van der Waals surface area contributed by atoms with Crippen LogP contribution >= 0.6 is 0 Å². The Labute approximate surface area is 101 Å². The molecule has 0 spiro atoms. The van der Waals surface area contributed by atoms with Gasteiger partial charge in [-0.2, -0.15) is 5.10 Å². The van der Waals surface area contributed by atoms with Gasteiger partial charge >= 0.3 is 0 Å². The summed E-state index contributed by atoms with van der Waals surface area (Å²) in [4.78, 5) is 11.9. The van der Waals surface area contributed by atoms with Crippen molar-refractivity contribution in [1.82, 2.24) is 10.2 Å². The predicted octanol–water partition coefficient (Wildman–Crippen LogP) is 1.60. The molecule has 2 rings (SSSR count). The SMILES string of the molecule is CC(C)c1cc(NC(=O)C2CCC(N)C2)n[nH]1. The van der Waals surface area contributed by atoms with Gasteiger partial charge < -0.3 is 11.1 Å². The number of nitrogens with one attached hydrogen (secondary N) is 2. The van der Waals surface area contributed by atoms with E-state index in [1.807, 2.05) is 6.07 Å². The Morgan fingerprint density at radius 1 is 1.59 bits per heavy atom. The van der Waals surface area contributed by atoms with Gasteiger partial charge in [0.1, 0.15) is 0 Å². The first-order chi connectivity index (χ1) is 8.06. The van der Waals surface area contributed by atoms with Crippen molar-refractivity contribution in [2.24, 2.45) is 11.7 Å². The van der Waals surface area contributed by atoms with Crippen LogP contribution in [0.3, 0.4) is 0 Å². The van der Waals surface area contributed by atoms with E-state index in [0.717, 1.165) is 25.0 Å². The monoisotopic (exact) mass is 236 g/mol. The maximum absolute atomic E-state index is 11.9. The number of anilines is 1. The number of H-pyrrole nitrogens is 1. The fourth-order valence-electron chi connectivity index (χ4n) is 2.18. The third-order valence-electron chi connectivity index (χ3n) is 3.31. The molecule has 1 heterocycles. The number of hydrogen-bond donors (Lipinski definition) is 3. The number of amides is 1. The lowest BCUT2D eigenvalue weighted by molar-refractivity contribution is -0.119. The summed E-state index contributed by atoms with van der Waals surface area (Å²) in [6.07, 6.45) is 2.61. The fourth-order valence-corrected chi connectivity index (χ4v) is 2.18. The molecule has 1 aromatic heterocycles. The van der Waals surface area contributed by atoms with Crippen LogP contribution in [0.4, 0.5) is 5.82 Å². The van der Waals surface area contributed by atoms with Crippen LogP contribution < -0.4 is 11.1 Å². The smallest absolute Gasteiger partial charge is 0.228 e. The van der Waals surface area contributed by atoms with Gasteiger partial charge in [-0.15, -0.1) is 0 Å². The number of nitrogens with zero attached hydrogens (tertiary/aromatic N) is 1. The first-order valence-corrected chi connectivity index (χ1v) is 6.18. The zero-order valence-electron chi connectivity index (χ0n) is 10.4. The first kappa shape index (κ1) is 12.1. The molecule has 2 atom stereocenters. The third kappa shape index (κ3) is 2.85. The molecule has 0 aromatic carbocycles. The predicted molar refractivity (Wildman–Crippen MR) is 66.6 cm³/mol. The van der Waals surface area contributed by atoms with E-state index in [4.69, 9.17) is 5.73 Å². The summed E-state index contributed by atoms with van der Waals surface area (Å²) in [5.41, 5.74) is 6.83. The van der Waals surface area contributed by atoms with Crippen LogP contribution in [0, 0.1) is 5.92 Å². The molecule has 0 aliphatic heterocycles.